The molecule has 7 heteroatoms. The Hall–Kier alpha value is -5.22. The molecule has 0 atom stereocenters. The van der Waals surface area contributed by atoms with E-state index in [-0.39, 0.29) is 11.6 Å². The third-order valence-corrected chi connectivity index (χ3v) is 5.65. The molecular formula is C29H19N3O4. The maximum atomic E-state index is 11.5. The quantitative estimate of drug-likeness (QED) is 0.143. The molecule has 2 heterocycles. The lowest BCUT2D eigenvalue weighted by molar-refractivity contribution is -0.384. The third kappa shape index (κ3) is 4.31. The summed E-state index contributed by atoms with van der Waals surface area (Å²) in [4.78, 5) is 15.5. The van der Waals surface area contributed by atoms with Crippen molar-refractivity contribution in [1.29, 1.82) is 5.26 Å². The molecule has 174 valence electrons. The fourth-order valence-electron chi connectivity index (χ4n) is 3.98. The first kappa shape index (κ1) is 22.6. The van der Waals surface area contributed by atoms with Gasteiger partial charge in [-0.2, -0.15) is 5.26 Å². The van der Waals surface area contributed by atoms with Gasteiger partial charge in [-0.15, -0.1) is 0 Å². The van der Waals surface area contributed by atoms with E-state index in [0.717, 1.165) is 16.7 Å². The van der Waals surface area contributed by atoms with E-state index in [2.05, 4.69) is 11.1 Å². The molecule has 5 rings (SSSR count). The number of aliphatic imine (C=N–C) groups is 1. The van der Waals surface area contributed by atoms with Gasteiger partial charge in [0.25, 0.3) is 5.69 Å². The molecule has 0 aliphatic heterocycles. The number of aryl methyl sites for hydroxylation is 1. The largest absolute Gasteiger partial charge is 0.455 e. The van der Waals surface area contributed by atoms with Crippen LogP contribution in [-0.2, 0) is 0 Å². The van der Waals surface area contributed by atoms with Crippen LogP contribution < -0.4 is 0 Å². The van der Waals surface area contributed by atoms with Crippen LogP contribution in [0, 0.1) is 28.4 Å². The van der Waals surface area contributed by atoms with Crippen LogP contribution >= 0.6 is 0 Å². The number of furan rings is 2. The first-order valence-electron chi connectivity index (χ1n) is 11.1. The summed E-state index contributed by atoms with van der Waals surface area (Å²) in [6, 6.07) is 29.6. The SMILES string of the molecule is Cc1ccc(-c2ccc(C=Nc3oc(-c4ccccc4)c(-c4ccccc4)c3C#N)o2)c([N+](=O)[O-])c1. The average Bonchev–Trinajstić information content (AvgIpc) is 3.53. The number of hydrogen-bond acceptors (Lipinski definition) is 6. The number of rotatable bonds is 6. The van der Waals surface area contributed by atoms with E-state index in [1.807, 2.05) is 60.7 Å². The predicted molar refractivity (Wildman–Crippen MR) is 137 cm³/mol. The van der Waals surface area contributed by atoms with Gasteiger partial charge in [0.2, 0.25) is 5.88 Å². The Kier molecular flexibility index (Phi) is 6.00. The van der Waals surface area contributed by atoms with E-state index in [1.54, 1.807) is 31.2 Å². The fourth-order valence-corrected chi connectivity index (χ4v) is 3.98. The van der Waals surface area contributed by atoms with Gasteiger partial charge in [-0.1, -0.05) is 66.7 Å². The molecule has 5 aromatic rings. The molecule has 2 aromatic heterocycles. The Bertz CT molecular complexity index is 1620. The van der Waals surface area contributed by atoms with E-state index in [1.165, 1.54) is 12.3 Å². The highest BCUT2D eigenvalue weighted by atomic mass is 16.6. The van der Waals surface area contributed by atoms with Crippen LogP contribution in [0.4, 0.5) is 11.6 Å². The highest BCUT2D eigenvalue weighted by molar-refractivity contribution is 5.89. The number of nitrogens with zero attached hydrogens (tertiary/aromatic N) is 3. The molecular weight excluding hydrogens is 454 g/mol. The van der Waals surface area contributed by atoms with Gasteiger partial charge in [-0.05, 0) is 36.2 Å². The zero-order chi connectivity index (χ0) is 25.1. The van der Waals surface area contributed by atoms with Crippen LogP contribution in [0.1, 0.15) is 16.9 Å². The van der Waals surface area contributed by atoms with Crippen molar-refractivity contribution in [2.45, 2.75) is 6.92 Å². The first-order valence-corrected chi connectivity index (χ1v) is 11.1. The van der Waals surface area contributed by atoms with Crippen LogP contribution in [0.25, 0.3) is 33.8 Å². The van der Waals surface area contributed by atoms with Crippen LogP contribution in [0.3, 0.4) is 0 Å². The zero-order valence-corrected chi connectivity index (χ0v) is 19.2. The highest BCUT2D eigenvalue weighted by Crippen LogP contribution is 2.42. The second-order valence-electron chi connectivity index (χ2n) is 8.07. The summed E-state index contributed by atoms with van der Waals surface area (Å²) in [6.45, 7) is 1.79. The van der Waals surface area contributed by atoms with Crippen LogP contribution in [0.5, 0.6) is 0 Å². The van der Waals surface area contributed by atoms with Crippen molar-refractivity contribution in [3.8, 4) is 39.8 Å². The summed E-state index contributed by atoms with van der Waals surface area (Å²) in [7, 11) is 0. The van der Waals surface area contributed by atoms with Gasteiger partial charge in [0, 0.05) is 17.2 Å². The number of nitriles is 1. The molecule has 0 aliphatic rings. The summed E-state index contributed by atoms with van der Waals surface area (Å²) in [5.41, 5.74) is 3.74. The van der Waals surface area contributed by atoms with Gasteiger partial charge < -0.3 is 8.83 Å². The molecule has 0 saturated heterocycles. The van der Waals surface area contributed by atoms with Crippen molar-refractivity contribution in [2.24, 2.45) is 4.99 Å². The Morgan fingerprint density at radius 1 is 0.917 bits per heavy atom. The van der Waals surface area contributed by atoms with Crippen molar-refractivity contribution in [3.05, 3.63) is 118 Å². The Balaban J connectivity index is 1.56. The minimum atomic E-state index is -0.434. The van der Waals surface area contributed by atoms with Gasteiger partial charge in [-0.3, -0.25) is 10.1 Å². The monoisotopic (exact) mass is 473 g/mol. The second-order valence-corrected chi connectivity index (χ2v) is 8.07. The van der Waals surface area contributed by atoms with Gasteiger partial charge in [-0.25, -0.2) is 4.99 Å². The molecule has 0 unspecified atom stereocenters. The topological polar surface area (TPSA) is 106 Å². The summed E-state index contributed by atoms with van der Waals surface area (Å²) >= 11 is 0. The minimum Gasteiger partial charge on any atom is -0.455 e. The summed E-state index contributed by atoms with van der Waals surface area (Å²) in [6.07, 6.45) is 1.44. The molecule has 7 nitrogen and oxygen atoms in total. The Morgan fingerprint density at radius 2 is 1.61 bits per heavy atom. The van der Waals surface area contributed by atoms with Crippen molar-refractivity contribution in [2.75, 3.05) is 0 Å². The first-order chi connectivity index (χ1) is 17.5. The van der Waals surface area contributed by atoms with Crippen LogP contribution in [-0.4, -0.2) is 11.1 Å². The van der Waals surface area contributed by atoms with Crippen molar-refractivity contribution < 1.29 is 13.8 Å². The number of nitro groups is 1. The minimum absolute atomic E-state index is 0.0364. The molecule has 0 bridgehead atoms. The number of nitro benzene ring substituents is 1. The Labute approximate surface area is 206 Å². The van der Waals surface area contributed by atoms with E-state index < -0.39 is 4.92 Å². The molecule has 0 aliphatic carbocycles. The summed E-state index contributed by atoms with van der Waals surface area (Å²) in [5, 5.41) is 21.5. The van der Waals surface area contributed by atoms with E-state index in [0.29, 0.717) is 34.0 Å². The van der Waals surface area contributed by atoms with Crippen molar-refractivity contribution in [3.63, 3.8) is 0 Å². The second kappa shape index (κ2) is 9.57. The van der Waals surface area contributed by atoms with Crippen LogP contribution in [0.2, 0.25) is 0 Å². The molecule has 36 heavy (non-hydrogen) atoms. The molecule has 0 saturated carbocycles. The molecule has 0 spiro atoms. The van der Waals surface area contributed by atoms with E-state index in [4.69, 9.17) is 8.83 Å². The summed E-state index contributed by atoms with van der Waals surface area (Å²) < 4.78 is 11.9. The summed E-state index contributed by atoms with van der Waals surface area (Å²) in [5.74, 6) is 1.40. The maximum absolute atomic E-state index is 11.5. The van der Waals surface area contributed by atoms with Crippen LogP contribution in [0.15, 0.2) is 105 Å². The van der Waals surface area contributed by atoms with Gasteiger partial charge in [0.05, 0.1) is 16.7 Å². The molecule has 3 aromatic carbocycles. The van der Waals surface area contributed by atoms with Gasteiger partial charge >= 0.3 is 0 Å². The van der Waals surface area contributed by atoms with E-state index in [9.17, 15) is 15.4 Å². The third-order valence-electron chi connectivity index (χ3n) is 5.65. The number of benzene rings is 3. The lowest BCUT2D eigenvalue weighted by Crippen LogP contribution is -1.92. The number of hydrogen-bond donors (Lipinski definition) is 0. The molecule has 0 N–H and O–H groups in total. The van der Waals surface area contributed by atoms with Crippen molar-refractivity contribution >= 4 is 17.8 Å². The maximum Gasteiger partial charge on any atom is 0.280 e. The zero-order valence-electron chi connectivity index (χ0n) is 19.2. The molecule has 0 fully saturated rings. The van der Waals surface area contributed by atoms with Gasteiger partial charge in [0.15, 0.2) is 0 Å². The fraction of sp³-hybridized carbons (Fsp3) is 0.0345. The van der Waals surface area contributed by atoms with E-state index >= 15 is 0 Å². The molecule has 0 radical (unpaired) electrons. The van der Waals surface area contributed by atoms with Gasteiger partial charge in [0.1, 0.15) is 28.9 Å². The lowest BCUT2D eigenvalue weighted by Gasteiger charge is -2.03. The average molecular weight is 473 g/mol. The normalized spacial score (nSPS) is 11.0. The smallest absolute Gasteiger partial charge is 0.280 e. The standard InChI is InChI=1S/C29H19N3O4/c1-19-12-14-23(25(16-19)32(33)34)26-15-13-22(35-26)18-31-29-24(17-30)27(20-8-4-2-5-9-20)28(36-29)21-10-6-3-7-11-21/h2-16,18H,1H3. The van der Waals surface area contributed by atoms with Crippen molar-refractivity contribution in [1.82, 2.24) is 0 Å². The highest BCUT2D eigenvalue weighted by Gasteiger charge is 2.23. The Morgan fingerprint density at radius 3 is 2.28 bits per heavy atom. The molecule has 0 amide bonds. The predicted octanol–water partition coefficient (Wildman–Crippen LogP) is 7.71. The lowest BCUT2D eigenvalue weighted by atomic mass is 9.98.